The number of imidazole rings is 1. The number of nitrogens with zero attached hydrogens (tertiary/aromatic N) is 5. The number of benzene rings is 1. The second-order valence-corrected chi connectivity index (χ2v) is 10.0. The summed E-state index contributed by atoms with van der Waals surface area (Å²) in [5.41, 5.74) is 6.81. The van der Waals surface area contributed by atoms with Gasteiger partial charge in [-0.3, -0.25) is 9.80 Å². The van der Waals surface area contributed by atoms with Crippen molar-refractivity contribution in [2.75, 3.05) is 45.9 Å². The van der Waals surface area contributed by atoms with Crippen LogP contribution < -0.4 is 0 Å². The Balaban J connectivity index is 1.17. The predicted octanol–water partition coefficient (Wildman–Crippen LogP) is 4.47. The van der Waals surface area contributed by atoms with Crippen molar-refractivity contribution in [2.24, 2.45) is 0 Å². The summed E-state index contributed by atoms with van der Waals surface area (Å²) in [4.78, 5) is 14.9. The Labute approximate surface area is 209 Å². The molecule has 0 spiro atoms. The molecule has 2 fully saturated rings. The smallest absolute Gasteiger partial charge is 0.160 e. The van der Waals surface area contributed by atoms with Gasteiger partial charge in [-0.25, -0.2) is 9.97 Å². The molecule has 0 amide bonds. The van der Waals surface area contributed by atoms with Crippen molar-refractivity contribution in [1.29, 1.82) is 0 Å². The number of fused-ring (bicyclic) bond motifs is 1. The molecule has 2 aliphatic heterocycles. The fourth-order valence-corrected chi connectivity index (χ4v) is 5.55. The minimum absolute atomic E-state index is 0.746. The monoisotopic (exact) mass is 473 g/mol. The van der Waals surface area contributed by atoms with Crippen LogP contribution in [0.1, 0.15) is 48.0 Å². The van der Waals surface area contributed by atoms with Gasteiger partial charge >= 0.3 is 0 Å². The van der Waals surface area contributed by atoms with E-state index in [9.17, 15) is 0 Å². The summed E-state index contributed by atoms with van der Waals surface area (Å²) in [7, 11) is 0. The molecule has 2 aromatic heterocycles. The Morgan fingerprint density at radius 3 is 2.46 bits per heavy atom. The van der Waals surface area contributed by atoms with Gasteiger partial charge in [0.1, 0.15) is 11.3 Å². The Kier molecular flexibility index (Phi) is 7.61. The maximum atomic E-state index is 5.51. The van der Waals surface area contributed by atoms with Crippen LogP contribution in [-0.2, 0) is 17.7 Å². The average molecular weight is 474 g/mol. The first-order chi connectivity index (χ1) is 17.1. The molecule has 6 heteroatoms. The highest BCUT2D eigenvalue weighted by Gasteiger charge is 2.25. The molecule has 0 unspecified atom stereocenters. The average Bonchev–Trinajstić information content (AvgIpc) is 3.23. The van der Waals surface area contributed by atoms with Gasteiger partial charge in [-0.05, 0) is 62.5 Å². The highest BCUT2D eigenvalue weighted by molar-refractivity contribution is 5.76. The molecule has 0 radical (unpaired) electrons. The number of hydrogen-bond acceptors (Lipinski definition) is 5. The standard InChI is InChI=1S/C29H39N5O/c1-4-27-31-28-22(2)20-23(3)30-29(28)34(27)21-25-9-7-24(8-10-25)6-5-13-32-14-11-26(12-15-32)33-16-18-35-19-17-33/h5-10,20,26H,4,11-19,21H2,1-3H3. The molecular formula is C29H39N5O. The fraction of sp³-hybridized carbons (Fsp3) is 0.517. The maximum Gasteiger partial charge on any atom is 0.160 e. The second-order valence-electron chi connectivity index (χ2n) is 10.0. The van der Waals surface area contributed by atoms with Crippen molar-refractivity contribution >= 4 is 17.2 Å². The molecule has 186 valence electrons. The van der Waals surface area contributed by atoms with Gasteiger partial charge in [-0.1, -0.05) is 43.3 Å². The first-order valence-electron chi connectivity index (χ1n) is 13.2. The number of morpholine rings is 1. The Bertz CT molecular complexity index is 1150. The van der Waals surface area contributed by atoms with E-state index in [2.05, 4.69) is 77.6 Å². The number of likely N-dealkylation sites (tertiary alicyclic amines) is 1. The lowest BCUT2D eigenvalue weighted by atomic mass is 10.0. The molecule has 0 atom stereocenters. The van der Waals surface area contributed by atoms with E-state index in [1.165, 1.54) is 42.6 Å². The normalized spacial score (nSPS) is 18.7. The largest absolute Gasteiger partial charge is 0.379 e. The highest BCUT2D eigenvalue weighted by atomic mass is 16.5. The van der Waals surface area contributed by atoms with Crippen LogP contribution in [0.3, 0.4) is 0 Å². The molecule has 2 saturated heterocycles. The summed E-state index contributed by atoms with van der Waals surface area (Å²) < 4.78 is 7.79. The van der Waals surface area contributed by atoms with Crippen LogP contribution in [0, 0.1) is 13.8 Å². The van der Waals surface area contributed by atoms with Gasteiger partial charge in [0.15, 0.2) is 5.65 Å². The third kappa shape index (κ3) is 5.66. The van der Waals surface area contributed by atoms with Crippen LogP contribution >= 0.6 is 0 Å². The topological polar surface area (TPSA) is 46.4 Å². The van der Waals surface area contributed by atoms with Crippen molar-refractivity contribution in [1.82, 2.24) is 24.3 Å². The molecule has 0 saturated carbocycles. The minimum atomic E-state index is 0.746. The van der Waals surface area contributed by atoms with E-state index >= 15 is 0 Å². The zero-order valence-corrected chi connectivity index (χ0v) is 21.5. The van der Waals surface area contributed by atoms with Crippen LogP contribution in [0.4, 0.5) is 0 Å². The lowest BCUT2D eigenvalue weighted by molar-refractivity contribution is 0.00184. The summed E-state index contributed by atoms with van der Waals surface area (Å²) in [6.45, 7) is 14.6. The van der Waals surface area contributed by atoms with E-state index in [4.69, 9.17) is 14.7 Å². The van der Waals surface area contributed by atoms with Crippen molar-refractivity contribution in [2.45, 2.75) is 52.6 Å². The maximum absolute atomic E-state index is 5.51. The lowest BCUT2D eigenvalue weighted by Gasteiger charge is -2.39. The number of aromatic nitrogens is 3. The van der Waals surface area contributed by atoms with Gasteiger partial charge in [-0.15, -0.1) is 0 Å². The Hall–Kier alpha value is -2.54. The molecule has 0 aliphatic carbocycles. The van der Waals surface area contributed by atoms with Crippen LogP contribution in [0.25, 0.3) is 17.2 Å². The van der Waals surface area contributed by atoms with Gasteiger partial charge in [0.2, 0.25) is 0 Å². The molecular weight excluding hydrogens is 434 g/mol. The number of pyridine rings is 1. The van der Waals surface area contributed by atoms with E-state index < -0.39 is 0 Å². The number of hydrogen-bond donors (Lipinski definition) is 0. The third-order valence-electron chi connectivity index (χ3n) is 7.53. The first-order valence-corrected chi connectivity index (χ1v) is 13.2. The summed E-state index contributed by atoms with van der Waals surface area (Å²) in [6, 6.07) is 11.8. The molecule has 6 nitrogen and oxygen atoms in total. The van der Waals surface area contributed by atoms with Gasteiger partial charge in [0, 0.05) is 37.8 Å². The van der Waals surface area contributed by atoms with Gasteiger partial charge < -0.3 is 9.30 Å². The first kappa shape index (κ1) is 24.2. The van der Waals surface area contributed by atoms with E-state index in [1.54, 1.807) is 0 Å². The van der Waals surface area contributed by atoms with Crippen molar-refractivity contribution < 1.29 is 4.74 Å². The van der Waals surface area contributed by atoms with Crippen molar-refractivity contribution in [3.63, 3.8) is 0 Å². The second kappa shape index (κ2) is 11.0. The quantitative estimate of drug-likeness (QED) is 0.507. The van der Waals surface area contributed by atoms with Gasteiger partial charge in [-0.2, -0.15) is 0 Å². The molecule has 3 aromatic rings. The summed E-state index contributed by atoms with van der Waals surface area (Å²) in [5, 5.41) is 0. The zero-order valence-electron chi connectivity index (χ0n) is 21.5. The zero-order chi connectivity index (χ0) is 24.2. The Morgan fingerprint density at radius 2 is 1.74 bits per heavy atom. The summed E-state index contributed by atoms with van der Waals surface area (Å²) in [6.07, 6.45) is 8.03. The minimum Gasteiger partial charge on any atom is -0.379 e. The summed E-state index contributed by atoms with van der Waals surface area (Å²) >= 11 is 0. The molecule has 0 bridgehead atoms. The molecule has 5 rings (SSSR count). The van der Waals surface area contributed by atoms with Gasteiger partial charge in [0.05, 0.1) is 19.8 Å². The third-order valence-corrected chi connectivity index (χ3v) is 7.53. The molecule has 1 aromatic carbocycles. The van der Waals surface area contributed by atoms with Crippen LogP contribution in [0.2, 0.25) is 0 Å². The SMILES string of the molecule is CCc1nc2c(C)cc(C)nc2n1Cc1ccc(C=CCN2CCC(N3CCOCC3)CC2)cc1. The van der Waals surface area contributed by atoms with E-state index in [-0.39, 0.29) is 0 Å². The van der Waals surface area contributed by atoms with Crippen LogP contribution in [0.15, 0.2) is 36.4 Å². The number of piperidine rings is 1. The lowest BCUT2D eigenvalue weighted by Crippen LogP contribution is -2.48. The van der Waals surface area contributed by atoms with Gasteiger partial charge in [0.25, 0.3) is 0 Å². The predicted molar refractivity (Wildman–Crippen MR) is 143 cm³/mol. The number of ether oxygens (including phenoxy) is 1. The van der Waals surface area contributed by atoms with Crippen LogP contribution in [0.5, 0.6) is 0 Å². The Morgan fingerprint density at radius 1 is 1.00 bits per heavy atom. The number of rotatable bonds is 7. The molecule has 35 heavy (non-hydrogen) atoms. The highest BCUT2D eigenvalue weighted by Crippen LogP contribution is 2.22. The molecule has 0 N–H and O–H groups in total. The fourth-order valence-electron chi connectivity index (χ4n) is 5.55. The molecule has 2 aliphatic rings. The number of aryl methyl sites for hydroxylation is 3. The van der Waals surface area contributed by atoms with E-state index in [1.807, 2.05) is 0 Å². The van der Waals surface area contributed by atoms with Crippen LogP contribution in [-0.4, -0.2) is 76.3 Å². The molecule has 4 heterocycles. The van der Waals surface area contributed by atoms with E-state index in [0.29, 0.717) is 0 Å². The van der Waals surface area contributed by atoms with E-state index in [0.717, 1.165) is 74.5 Å². The van der Waals surface area contributed by atoms with Crippen molar-refractivity contribution in [3.8, 4) is 0 Å². The summed E-state index contributed by atoms with van der Waals surface area (Å²) in [5.74, 6) is 1.10. The van der Waals surface area contributed by atoms with Crippen molar-refractivity contribution in [3.05, 3.63) is 64.6 Å².